The van der Waals surface area contributed by atoms with Gasteiger partial charge in [-0.3, -0.25) is 28.2 Å². The van der Waals surface area contributed by atoms with Gasteiger partial charge in [0.15, 0.2) is 0 Å². The second-order valence-corrected chi connectivity index (χ2v) is 9.00. The number of benzene rings is 3. The fourth-order valence-corrected chi connectivity index (χ4v) is 7.02. The van der Waals surface area contributed by atoms with Crippen LogP contribution < -0.4 is 13.1 Å². The second kappa shape index (κ2) is 15.3. The molecule has 3 rings (SSSR count). The monoisotopic (exact) mass is 426 g/mol. The van der Waals surface area contributed by atoms with Crippen LogP contribution in [0.4, 0.5) is 28.2 Å². The Balaban J connectivity index is -0.000000367. The molecule has 0 bridgehead atoms. The summed E-state index contributed by atoms with van der Waals surface area (Å²) in [6, 6.07) is 32.7. The zero-order valence-electron chi connectivity index (χ0n) is 13.1. The van der Waals surface area contributed by atoms with Crippen LogP contribution in [0.15, 0.2) is 91.0 Å². The van der Waals surface area contributed by atoms with Crippen molar-refractivity contribution < 1.29 is 28.2 Å². The first-order valence-electron chi connectivity index (χ1n) is 6.40. The third-order valence-corrected chi connectivity index (χ3v) is 8.17. The summed E-state index contributed by atoms with van der Waals surface area (Å²) in [5, 5.41) is 0. The van der Waals surface area contributed by atoms with Crippen LogP contribution in [0.3, 0.4) is 0 Å². The van der Waals surface area contributed by atoms with Gasteiger partial charge < -0.3 is 0 Å². The fraction of sp³-hybridized carbons (Fsp3) is 0. The van der Waals surface area contributed by atoms with Crippen molar-refractivity contribution in [1.29, 1.82) is 0 Å². The van der Waals surface area contributed by atoms with E-state index < -0.39 is 14.7 Å². The Bertz CT molecular complexity index is 544. The summed E-state index contributed by atoms with van der Waals surface area (Å²) in [5.74, 6) is 0. The van der Waals surface area contributed by atoms with Gasteiger partial charge in [-0.25, -0.2) is 0 Å². The molecule has 3 aromatic rings. The van der Waals surface area contributed by atoms with E-state index in [1.807, 2.05) is 0 Å². The van der Waals surface area contributed by atoms with E-state index in [1.54, 1.807) is 0 Å². The van der Waals surface area contributed by atoms with E-state index in [0.717, 1.165) is 0 Å². The molecular formula is C18H21AsF6. The molecule has 0 fully saturated rings. The van der Waals surface area contributed by atoms with E-state index in [9.17, 15) is 0 Å². The summed E-state index contributed by atoms with van der Waals surface area (Å²) < 4.78 is 4.44. The Labute approximate surface area is 147 Å². The van der Waals surface area contributed by atoms with E-state index in [4.69, 9.17) is 0 Å². The van der Waals surface area contributed by atoms with E-state index in [2.05, 4.69) is 91.0 Å². The maximum absolute atomic E-state index is 2.26. The molecule has 0 aliphatic carbocycles. The van der Waals surface area contributed by atoms with Crippen LogP contribution in [0.25, 0.3) is 0 Å². The maximum atomic E-state index is 2.26. The van der Waals surface area contributed by atoms with Crippen LogP contribution in [0.5, 0.6) is 0 Å². The van der Waals surface area contributed by atoms with Gasteiger partial charge in [-0.1, -0.05) is 0 Å². The molecule has 0 spiro atoms. The third-order valence-electron chi connectivity index (χ3n) is 3.04. The average molecular weight is 426 g/mol. The molecule has 0 aliphatic heterocycles. The quantitative estimate of drug-likeness (QED) is 0.446. The van der Waals surface area contributed by atoms with Crippen LogP contribution in [0.1, 0.15) is 0 Å². The first-order chi connectivity index (χ1) is 9.45. The predicted molar refractivity (Wildman–Crippen MR) is 99.0 cm³/mol. The van der Waals surface area contributed by atoms with Crippen LogP contribution in [-0.4, -0.2) is 14.7 Å². The van der Waals surface area contributed by atoms with Crippen molar-refractivity contribution >= 4 is 27.7 Å². The predicted octanol–water partition coefficient (Wildman–Crippen LogP) is 3.12. The van der Waals surface area contributed by atoms with Crippen molar-refractivity contribution in [3.63, 3.8) is 0 Å². The standard InChI is InChI=1S/C18H15As.6FH/c1-4-10-16(11-5-1)19(17-12-6-2-7-13-17)18-14-8-3-9-15-18;;;;;;/h1-15H;6*1H. The van der Waals surface area contributed by atoms with Crippen molar-refractivity contribution in [3.05, 3.63) is 91.0 Å². The minimum absolute atomic E-state index is 0. The van der Waals surface area contributed by atoms with E-state index in [-0.39, 0.29) is 28.2 Å². The molecule has 0 heterocycles. The molecule has 3 aromatic carbocycles. The van der Waals surface area contributed by atoms with Gasteiger partial charge in [0.05, 0.1) is 0 Å². The van der Waals surface area contributed by atoms with Crippen molar-refractivity contribution in [2.24, 2.45) is 0 Å². The van der Waals surface area contributed by atoms with Crippen LogP contribution >= 0.6 is 0 Å². The van der Waals surface area contributed by atoms with Crippen molar-refractivity contribution in [2.75, 3.05) is 0 Å². The van der Waals surface area contributed by atoms with Crippen LogP contribution in [0, 0.1) is 0 Å². The van der Waals surface area contributed by atoms with Gasteiger partial charge in [-0.2, -0.15) is 0 Å². The van der Waals surface area contributed by atoms with Gasteiger partial charge in [-0.05, 0) is 0 Å². The number of rotatable bonds is 3. The van der Waals surface area contributed by atoms with Crippen LogP contribution in [-0.2, 0) is 0 Å². The summed E-state index contributed by atoms with van der Waals surface area (Å²) >= 11 is -1.39. The molecular weight excluding hydrogens is 405 g/mol. The fourth-order valence-electron chi connectivity index (χ4n) is 2.18. The first-order valence-corrected chi connectivity index (χ1v) is 9.22. The summed E-state index contributed by atoms with van der Waals surface area (Å²) in [7, 11) is 0. The molecule has 0 aliphatic rings. The van der Waals surface area contributed by atoms with Crippen molar-refractivity contribution in [2.45, 2.75) is 0 Å². The normalized spacial score (nSPS) is 8.04. The van der Waals surface area contributed by atoms with Gasteiger partial charge in [-0.15, -0.1) is 0 Å². The molecule has 0 saturated heterocycles. The molecule has 0 saturated carbocycles. The van der Waals surface area contributed by atoms with Crippen molar-refractivity contribution in [1.82, 2.24) is 0 Å². The van der Waals surface area contributed by atoms with E-state index in [1.165, 1.54) is 13.1 Å². The van der Waals surface area contributed by atoms with Gasteiger partial charge in [0.2, 0.25) is 0 Å². The Morgan fingerprint density at radius 2 is 0.520 bits per heavy atom. The molecule has 0 amide bonds. The first kappa shape index (κ1) is 30.7. The third kappa shape index (κ3) is 7.48. The molecule has 140 valence electrons. The summed E-state index contributed by atoms with van der Waals surface area (Å²) in [6.45, 7) is 0. The Morgan fingerprint density at radius 3 is 0.720 bits per heavy atom. The summed E-state index contributed by atoms with van der Waals surface area (Å²) in [5.41, 5.74) is 0. The Hall–Kier alpha value is -2.20. The molecule has 25 heavy (non-hydrogen) atoms. The Kier molecular flexibility index (Phi) is 18.8. The molecule has 0 atom stereocenters. The minimum atomic E-state index is -1.39. The van der Waals surface area contributed by atoms with Gasteiger partial charge in [0.25, 0.3) is 0 Å². The molecule has 0 aromatic heterocycles. The van der Waals surface area contributed by atoms with Crippen molar-refractivity contribution in [3.8, 4) is 0 Å². The SMILES string of the molecule is F.F.F.F.F.F.c1ccc([As](c2ccccc2)c2ccccc2)cc1. The van der Waals surface area contributed by atoms with Crippen LogP contribution in [0.2, 0.25) is 0 Å². The molecule has 7 heteroatoms. The topological polar surface area (TPSA) is 0 Å². The Morgan fingerprint density at radius 1 is 0.320 bits per heavy atom. The zero-order valence-corrected chi connectivity index (χ0v) is 14.9. The second-order valence-electron chi connectivity index (χ2n) is 4.34. The summed E-state index contributed by atoms with van der Waals surface area (Å²) in [6.07, 6.45) is 0. The van der Waals surface area contributed by atoms with Gasteiger partial charge in [0.1, 0.15) is 0 Å². The zero-order chi connectivity index (χ0) is 12.9. The number of hydrogen-bond acceptors (Lipinski definition) is 0. The van der Waals surface area contributed by atoms with E-state index >= 15 is 0 Å². The molecule has 0 N–H and O–H groups in total. The van der Waals surface area contributed by atoms with Gasteiger partial charge >= 0.3 is 119 Å². The number of halogens is 6. The molecule has 0 radical (unpaired) electrons. The molecule has 0 unspecified atom stereocenters. The summed E-state index contributed by atoms with van der Waals surface area (Å²) in [4.78, 5) is 0. The van der Waals surface area contributed by atoms with E-state index in [0.29, 0.717) is 0 Å². The molecule has 0 nitrogen and oxygen atoms in total. The number of hydrogen-bond donors (Lipinski definition) is 0. The van der Waals surface area contributed by atoms with Gasteiger partial charge in [0, 0.05) is 0 Å². The average Bonchev–Trinajstić information content (AvgIpc) is 2.51.